The van der Waals surface area contributed by atoms with Crippen LogP contribution < -0.4 is 15.4 Å². The van der Waals surface area contributed by atoms with E-state index in [0.717, 1.165) is 50.2 Å². The Hall–Kier alpha value is -3.80. The molecule has 1 aliphatic rings. The summed E-state index contributed by atoms with van der Waals surface area (Å²) in [6.45, 7) is 2.28. The highest BCUT2D eigenvalue weighted by Crippen LogP contribution is 2.24. The van der Waals surface area contributed by atoms with E-state index < -0.39 is 0 Å². The average molecular weight is 486 g/mol. The third kappa shape index (κ3) is 7.60. The fourth-order valence-electron chi connectivity index (χ4n) is 4.41. The Morgan fingerprint density at radius 3 is 2.39 bits per heavy atom. The molecule has 3 aromatic carbocycles. The zero-order valence-electron chi connectivity index (χ0n) is 20.7. The molecular formula is C30H35N3O3. The predicted octanol–water partition coefficient (Wildman–Crippen LogP) is 5.77. The Labute approximate surface area is 213 Å². The van der Waals surface area contributed by atoms with Gasteiger partial charge in [-0.05, 0) is 61.6 Å². The number of carbonyl (C=O) groups excluding carboxylic acids is 2. The van der Waals surface area contributed by atoms with Crippen LogP contribution in [0.25, 0.3) is 0 Å². The summed E-state index contributed by atoms with van der Waals surface area (Å²) in [6, 6.07) is 25.2. The van der Waals surface area contributed by atoms with Crippen LogP contribution in [0.4, 0.5) is 11.4 Å². The highest BCUT2D eigenvalue weighted by atomic mass is 16.5. The van der Waals surface area contributed by atoms with E-state index >= 15 is 0 Å². The molecular weight excluding hydrogens is 450 g/mol. The highest BCUT2D eigenvalue weighted by molar-refractivity contribution is 5.98. The number of ether oxygens (including phenoxy) is 1. The zero-order valence-corrected chi connectivity index (χ0v) is 20.7. The van der Waals surface area contributed by atoms with Gasteiger partial charge in [-0.2, -0.15) is 0 Å². The molecule has 36 heavy (non-hydrogen) atoms. The first kappa shape index (κ1) is 25.3. The van der Waals surface area contributed by atoms with Gasteiger partial charge in [-0.1, -0.05) is 61.4 Å². The van der Waals surface area contributed by atoms with Gasteiger partial charge in [0.2, 0.25) is 5.91 Å². The standard InChI is InChI=1S/C30H35N3O3/c34-29(32-26-16-10-15-25(22-26)30(35)33-19-8-1-2-9-20-33)23-31-27-17-6-7-18-28(27)36-21-11-14-24-12-4-3-5-13-24/h3-7,10,12-13,15-18,22,31H,1-2,8-9,11,14,19-21,23H2,(H,32,34). The monoisotopic (exact) mass is 485 g/mol. The van der Waals surface area contributed by atoms with Gasteiger partial charge in [-0.3, -0.25) is 9.59 Å². The van der Waals surface area contributed by atoms with Crippen molar-refractivity contribution in [1.29, 1.82) is 0 Å². The van der Waals surface area contributed by atoms with Gasteiger partial charge in [0.05, 0.1) is 18.8 Å². The molecule has 0 bridgehead atoms. The van der Waals surface area contributed by atoms with Gasteiger partial charge in [0.25, 0.3) is 5.91 Å². The van der Waals surface area contributed by atoms with Gasteiger partial charge in [-0.15, -0.1) is 0 Å². The smallest absolute Gasteiger partial charge is 0.253 e. The molecule has 6 heteroatoms. The summed E-state index contributed by atoms with van der Waals surface area (Å²) in [5.74, 6) is 0.570. The van der Waals surface area contributed by atoms with Crippen LogP contribution in [0, 0.1) is 0 Å². The molecule has 4 rings (SSSR count). The fourth-order valence-corrected chi connectivity index (χ4v) is 4.41. The van der Waals surface area contributed by atoms with Crippen LogP contribution in [-0.4, -0.2) is 43.0 Å². The lowest BCUT2D eigenvalue weighted by molar-refractivity contribution is -0.114. The summed E-state index contributed by atoms with van der Waals surface area (Å²) >= 11 is 0. The molecule has 0 aliphatic carbocycles. The first-order valence-electron chi connectivity index (χ1n) is 12.9. The summed E-state index contributed by atoms with van der Waals surface area (Å²) in [7, 11) is 0. The minimum absolute atomic E-state index is 0.0319. The van der Waals surface area contributed by atoms with Crippen molar-refractivity contribution in [2.24, 2.45) is 0 Å². The molecule has 0 atom stereocenters. The first-order valence-corrected chi connectivity index (χ1v) is 12.9. The number of amides is 2. The largest absolute Gasteiger partial charge is 0.491 e. The Morgan fingerprint density at radius 2 is 1.58 bits per heavy atom. The van der Waals surface area contributed by atoms with Crippen molar-refractivity contribution < 1.29 is 14.3 Å². The van der Waals surface area contributed by atoms with Crippen LogP contribution in [0.1, 0.15) is 48.0 Å². The molecule has 6 nitrogen and oxygen atoms in total. The van der Waals surface area contributed by atoms with E-state index in [1.54, 1.807) is 12.1 Å². The molecule has 1 aliphatic heterocycles. The second kappa shape index (κ2) is 13.3. The van der Waals surface area contributed by atoms with E-state index in [2.05, 4.69) is 22.8 Å². The number of nitrogens with zero attached hydrogens (tertiary/aromatic N) is 1. The normalized spacial score (nSPS) is 13.5. The molecule has 188 valence electrons. The van der Waals surface area contributed by atoms with E-state index in [1.807, 2.05) is 59.5 Å². The lowest BCUT2D eigenvalue weighted by atomic mass is 10.1. The first-order chi connectivity index (χ1) is 17.7. The number of nitrogens with one attached hydrogen (secondary N) is 2. The van der Waals surface area contributed by atoms with E-state index in [9.17, 15) is 9.59 Å². The fraction of sp³-hybridized carbons (Fsp3) is 0.333. The molecule has 0 spiro atoms. The maximum atomic E-state index is 12.9. The molecule has 3 aromatic rings. The molecule has 0 aromatic heterocycles. The second-order valence-corrected chi connectivity index (χ2v) is 9.12. The highest BCUT2D eigenvalue weighted by Gasteiger charge is 2.17. The number of anilines is 2. The molecule has 0 radical (unpaired) electrons. The van der Waals surface area contributed by atoms with E-state index in [0.29, 0.717) is 17.9 Å². The third-order valence-electron chi connectivity index (χ3n) is 6.32. The maximum absolute atomic E-state index is 12.9. The van der Waals surface area contributed by atoms with Crippen molar-refractivity contribution >= 4 is 23.2 Å². The summed E-state index contributed by atoms with van der Waals surface area (Å²) in [5, 5.41) is 6.08. The number of carbonyl (C=O) groups is 2. The van der Waals surface area contributed by atoms with Crippen LogP contribution >= 0.6 is 0 Å². The number of hydrogen-bond donors (Lipinski definition) is 2. The maximum Gasteiger partial charge on any atom is 0.253 e. The average Bonchev–Trinajstić information content (AvgIpc) is 3.21. The second-order valence-electron chi connectivity index (χ2n) is 9.12. The van der Waals surface area contributed by atoms with Crippen molar-refractivity contribution in [1.82, 2.24) is 4.90 Å². The van der Waals surface area contributed by atoms with Crippen LogP contribution in [-0.2, 0) is 11.2 Å². The van der Waals surface area contributed by atoms with E-state index in [4.69, 9.17) is 4.74 Å². The van der Waals surface area contributed by atoms with Gasteiger partial charge in [0.1, 0.15) is 5.75 Å². The van der Waals surface area contributed by atoms with E-state index in [1.165, 1.54) is 18.4 Å². The number of hydrogen-bond acceptors (Lipinski definition) is 4. The van der Waals surface area contributed by atoms with Crippen molar-refractivity contribution in [2.45, 2.75) is 38.5 Å². The van der Waals surface area contributed by atoms with Crippen LogP contribution in [0.5, 0.6) is 5.75 Å². The van der Waals surface area contributed by atoms with Gasteiger partial charge >= 0.3 is 0 Å². The molecule has 0 unspecified atom stereocenters. The summed E-state index contributed by atoms with van der Waals surface area (Å²) in [6.07, 6.45) is 6.31. The topological polar surface area (TPSA) is 70.7 Å². The number of benzene rings is 3. The SMILES string of the molecule is O=C(CNc1ccccc1OCCCc1ccccc1)Nc1cccc(C(=O)N2CCCCCC2)c1. The van der Waals surface area contributed by atoms with Gasteiger partial charge < -0.3 is 20.3 Å². The Bertz CT molecular complexity index is 1130. The Kier molecular flexibility index (Phi) is 9.37. The molecule has 1 saturated heterocycles. The van der Waals surface area contributed by atoms with Crippen molar-refractivity contribution in [3.05, 3.63) is 90.0 Å². The van der Waals surface area contributed by atoms with Gasteiger partial charge in [0.15, 0.2) is 0 Å². The number of likely N-dealkylation sites (tertiary alicyclic amines) is 1. The Morgan fingerprint density at radius 1 is 0.833 bits per heavy atom. The van der Waals surface area contributed by atoms with Crippen LogP contribution in [0.2, 0.25) is 0 Å². The van der Waals surface area contributed by atoms with Crippen molar-refractivity contribution in [3.8, 4) is 5.75 Å². The quantitative estimate of drug-likeness (QED) is 0.358. The predicted molar refractivity (Wildman–Crippen MR) is 145 cm³/mol. The van der Waals surface area contributed by atoms with Gasteiger partial charge in [-0.25, -0.2) is 0 Å². The zero-order chi connectivity index (χ0) is 25.0. The number of aryl methyl sites for hydroxylation is 1. The lowest BCUT2D eigenvalue weighted by Crippen LogP contribution is -2.31. The molecule has 1 fully saturated rings. The van der Waals surface area contributed by atoms with Crippen molar-refractivity contribution in [2.75, 3.05) is 36.9 Å². The van der Waals surface area contributed by atoms with Gasteiger partial charge in [0, 0.05) is 24.3 Å². The summed E-state index contributed by atoms with van der Waals surface area (Å²) in [5.41, 5.74) is 3.30. The molecule has 1 heterocycles. The van der Waals surface area contributed by atoms with Crippen LogP contribution in [0.15, 0.2) is 78.9 Å². The summed E-state index contributed by atoms with van der Waals surface area (Å²) < 4.78 is 5.98. The number of rotatable bonds is 10. The lowest BCUT2D eigenvalue weighted by Gasteiger charge is -2.20. The molecule has 0 saturated carbocycles. The van der Waals surface area contributed by atoms with E-state index in [-0.39, 0.29) is 18.4 Å². The molecule has 2 amide bonds. The number of para-hydroxylation sites is 2. The minimum atomic E-state index is -0.187. The summed E-state index contributed by atoms with van der Waals surface area (Å²) in [4.78, 5) is 27.5. The minimum Gasteiger partial charge on any atom is -0.491 e. The Balaban J connectivity index is 1.26. The third-order valence-corrected chi connectivity index (χ3v) is 6.32. The van der Waals surface area contributed by atoms with Crippen molar-refractivity contribution in [3.63, 3.8) is 0 Å². The molecule has 2 N–H and O–H groups in total. The van der Waals surface area contributed by atoms with Crippen LogP contribution in [0.3, 0.4) is 0 Å².